The van der Waals surface area contributed by atoms with E-state index in [2.05, 4.69) is 17.8 Å². The number of allylic oxidation sites excluding steroid dienone is 1. The summed E-state index contributed by atoms with van der Waals surface area (Å²) in [5.41, 5.74) is 0. The van der Waals surface area contributed by atoms with Crippen LogP contribution in [0.5, 0.6) is 0 Å². The Bertz CT molecular complexity index is 356. The molecule has 0 aliphatic carbocycles. The van der Waals surface area contributed by atoms with Crippen LogP contribution in [0, 0.1) is 12.3 Å². The van der Waals surface area contributed by atoms with Crippen molar-refractivity contribution in [1.82, 2.24) is 9.62 Å². The van der Waals surface area contributed by atoms with Gasteiger partial charge in [0.15, 0.2) is 0 Å². The van der Waals surface area contributed by atoms with Gasteiger partial charge in [-0.15, -0.1) is 13.0 Å². The number of piperazine rings is 1. The summed E-state index contributed by atoms with van der Waals surface area (Å²) in [6, 6.07) is -0.353. The molecule has 1 fully saturated rings. The van der Waals surface area contributed by atoms with E-state index in [1.807, 2.05) is 0 Å². The molecule has 1 N–H and O–H groups in total. The largest absolute Gasteiger partial charge is 0.313 e. The topological polar surface area (TPSA) is 49.4 Å². The van der Waals surface area contributed by atoms with Crippen LogP contribution in [-0.2, 0) is 10.0 Å². The van der Waals surface area contributed by atoms with Crippen LogP contribution in [-0.4, -0.2) is 44.2 Å². The first-order valence-corrected chi connectivity index (χ1v) is 6.50. The molecule has 15 heavy (non-hydrogen) atoms. The number of nitrogens with zero attached hydrogens (tertiary/aromatic N) is 1. The first-order chi connectivity index (χ1) is 7.11. The average molecular weight is 228 g/mol. The maximum absolute atomic E-state index is 11.9. The Labute approximate surface area is 91.4 Å². The van der Waals surface area contributed by atoms with Gasteiger partial charge in [0.05, 0.1) is 11.8 Å². The number of terminal acetylenes is 1. The smallest absolute Gasteiger partial charge is 0.215 e. The van der Waals surface area contributed by atoms with Crippen LogP contribution in [0.15, 0.2) is 12.7 Å². The van der Waals surface area contributed by atoms with Crippen molar-refractivity contribution in [2.24, 2.45) is 0 Å². The molecule has 1 unspecified atom stereocenters. The quantitative estimate of drug-likeness (QED) is 0.535. The van der Waals surface area contributed by atoms with E-state index < -0.39 is 10.0 Å². The van der Waals surface area contributed by atoms with Gasteiger partial charge in [-0.1, -0.05) is 12.0 Å². The lowest BCUT2D eigenvalue weighted by molar-refractivity contribution is 0.314. The maximum Gasteiger partial charge on any atom is 0.215 e. The van der Waals surface area contributed by atoms with Crippen LogP contribution in [0.2, 0.25) is 0 Å². The fourth-order valence-corrected chi connectivity index (χ4v) is 3.10. The van der Waals surface area contributed by atoms with Crippen LogP contribution >= 0.6 is 0 Å². The third kappa shape index (κ3) is 3.06. The van der Waals surface area contributed by atoms with Crippen LogP contribution in [0.25, 0.3) is 0 Å². The zero-order valence-electron chi connectivity index (χ0n) is 8.65. The molecule has 0 radical (unpaired) electrons. The summed E-state index contributed by atoms with van der Waals surface area (Å²) in [5.74, 6) is 2.59. The molecule has 1 aliphatic rings. The lowest BCUT2D eigenvalue weighted by Gasteiger charge is -2.31. The normalized spacial score (nSPS) is 23.3. The summed E-state index contributed by atoms with van der Waals surface area (Å²) in [6.45, 7) is 5.15. The minimum Gasteiger partial charge on any atom is -0.313 e. The highest BCUT2D eigenvalue weighted by Crippen LogP contribution is 2.10. The molecule has 0 aromatic heterocycles. The third-order valence-corrected chi connectivity index (χ3v) is 4.23. The maximum atomic E-state index is 11.9. The summed E-state index contributed by atoms with van der Waals surface area (Å²) in [5, 5.41) is 3.08. The average Bonchev–Trinajstić information content (AvgIpc) is 2.26. The molecule has 0 saturated carbocycles. The lowest BCUT2D eigenvalue weighted by atomic mass is 10.2. The lowest BCUT2D eigenvalue weighted by Crippen LogP contribution is -2.53. The van der Waals surface area contributed by atoms with E-state index in [1.165, 1.54) is 4.31 Å². The van der Waals surface area contributed by atoms with Gasteiger partial charge in [0, 0.05) is 19.6 Å². The van der Waals surface area contributed by atoms with E-state index in [-0.39, 0.29) is 11.8 Å². The molecular formula is C10H16N2O2S. The van der Waals surface area contributed by atoms with Gasteiger partial charge in [-0.05, 0) is 6.42 Å². The number of sulfonamides is 1. The molecule has 4 nitrogen and oxygen atoms in total. The van der Waals surface area contributed by atoms with Gasteiger partial charge in [-0.3, -0.25) is 0 Å². The van der Waals surface area contributed by atoms with Gasteiger partial charge in [0.1, 0.15) is 0 Å². The highest BCUT2D eigenvalue weighted by atomic mass is 32.2. The molecule has 1 saturated heterocycles. The van der Waals surface area contributed by atoms with Crippen LogP contribution in [0.1, 0.15) is 6.42 Å². The Morgan fingerprint density at radius 1 is 1.67 bits per heavy atom. The van der Waals surface area contributed by atoms with Crippen LogP contribution in [0.4, 0.5) is 0 Å². The second kappa shape index (κ2) is 5.31. The molecule has 0 bridgehead atoms. The number of rotatable bonds is 4. The zero-order valence-corrected chi connectivity index (χ0v) is 9.46. The Morgan fingerprint density at radius 3 is 3.00 bits per heavy atom. The first-order valence-electron chi connectivity index (χ1n) is 4.89. The van der Waals surface area contributed by atoms with Gasteiger partial charge < -0.3 is 5.32 Å². The Kier molecular flexibility index (Phi) is 4.33. The van der Waals surface area contributed by atoms with Crippen LogP contribution < -0.4 is 5.32 Å². The number of hydrogen-bond acceptors (Lipinski definition) is 3. The highest BCUT2D eigenvalue weighted by molar-refractivity contribution is 7.89. The highest BCUT2D eigenvalue weighted by Gasteiger charge is 2.30. The van der Waals surface area contributed by atoms with Gasteiger partial charge in [0.2, 0.25) is 10.0 Å². The minimum atomic E-state index is -3.23. The predicted molar refractivity (Wildman–Crippen MR) is 60.8 cm³/mol. The fourth-order valence-electron chi connectivity index (χ4n) is 1.51. The van der Waals surface area contributed by atoms with Crippen molar-refractivity contribution in [3.8, 4) is 12.3 Å². The summed E-state index contributed by atoms with van der Waals surface area (Å²) >= 11 is 0. The molecule has 1 heterocycles. The van der Waals surface area contributed by atoms with Crippen molar-refractivity contribution in [2.45, 2.75) is 12.5 Å². The monoisotopic (exact) mass is 228 g/mol. The predicted octanol–water partition coefficient (Wildman–Crippen LogP) is -0.201. The molecule has 0 aromatic rings. The molecule has 0 aromatic carbocycles. The molecule has 0 spiro atoms. The minimum absolute atomic E-state index is 0.0919. The van der Waals surface area contributed by atoms with Gasteiger partial charge >= 0.3 is 0 Å². The van der Waals surface area contributed by atoms with Crippen molar-refractivity contribution in [2.75, 3.05) is 25.4 Å². The summed E-state index contributed by atoms with van der Waals surface area (Å²) in [4.78, 5) is 0. The summed E-state index contributed by atoms with van der Waals surface area (Å²) < 4.78 is 25.1. The van der Waals surface area contributed by atoms with Crippen molar-refractivity contribution < 1.29 is 8.42 Å². The Morgan fingerprint density at radius 2 is 2.40 bits per heavy atom. The van der Waals surface area contributed by atoms with Crippen molar-refractivity contribution in [1.29, 1.82) is 0 Å². The summed E-state index contributed by atoms with van der Waals surface area (Å²) in [6.07, 6.45) is 7.37. The molecular weight excluding hydrogens is 212 g/mol. The van der Waals surface area contributed by atoms with Crippen LogP contribution in [0.3, 0.4) is 0 Å². The van der Waals surface area contributed by atoms with Crippen molar-refractivity contribution >= 4 is 10.0 Å². The van der Waals surface area contributed by atoms with E-state index in [9.17, 15) is 8.42 Å². The van der Waals surface area contributed by atoms with Gasteiger partial charge in [0.25, 0.3) is 0 Å². The fraction of sp³-hybridized carbons (Fsp3) is 0.600. The molecule has 1 rings (SSSR count). The van der Waals surface area contributed by atoms with E-state index >= 15 is 0 Å². The Hall–Kier alpha value is -0.830. The molecule has 84 valence electrons. The second-order valence-corrected chi connectivity index (χ2v) is 5.43. The number of hydrogen-bond donors (Lipinski definition) is 1. The van der Waals surface area contributed by atoms with E-state index in [4.69, 9.17) is 6.42 Å². The number of nitrogens with one attached hydrogen (secondary N) is 1. The SMILES string of the molecule is C#CC1CNCCN1S(=O)(=O)CCC=C. The first kappa shape index (κ1) is 12.2. The van der Waals surface area contributed by atoms with E-state index in [1.54, 1.807) is 6.08 Å². The zero-order chi connectivity index (χ0) is 11.3. The van der Waals surface area contributed by atoms with Crippen molar-refractivity contribution in [3.63, 3.8) is 0 Å². The molecule has 5 heteroatoms. The standard InChI is InChI=1S/C10H16N2O2S/c1-3-5-8-15(13,14)12-7-6-11-9-10(12)4-2/h2-3,10-11H,1,5-9H2. The Balaban J connectivity index is 2.75. The van der Waals surface area contributed by atoms with Crippen molar-refractivity contribution in [3.05, 3.63) is 12.7 Å². The summed E-state index contributed by atoms with van der Waals surface area (Å²) in [7, 11) is -3.23. The van der Waals surface area contributed by atoms with E-state index in [0.29, 0.717) is 26.1 Å². The molecule has 1 aliphatic heterocycles. The molecule has 1 atom stereocenters. The second-order valence-electron chi connectivity index (χ2n) is 3.39. The third-order valence-electron chi connectivity index (χ3n) is 2.32. The van der Waals surface area contributed by atoms with Gasteiger partial charge in [-0.2, -0.15) is 4.31 Å². The van der Waals surface area contributed by atoms with Gasteiger partial charge in [-0.25, -0.2) is 8.42 Å². The molecule has 0 amide bonds. The van der Waals surface area contributed by atoms with E-state index in [0.717, 1.165) is 0 Å².